The molecule has 1 aromatic rings. The van der Waals surface area contributed by atoms with Gasteiger partial charge in [-0.05, 0) is 33.5 Å². The third kappa shape index (κ3) is 2.60. The fourth-order valence-electron chi connectivity index (χ4n) is 2.59. The van der Waals surface area contributed by atoms with Gasteiger partial charge >= 0.3 is 0 Å². The van der Waals surface area contributed by atoms with Crippen molar-refractivity contribution in [1.29, 1.82) is 0 Å². The van der Waals surface area contributed by atoms with Crippen LogP contribution in [0.4, 0.5) is 0 Å². The van der Waals surface area contributed by atoms with Crippen molar-refractivity contribution in [3.8, 4) is 0 Å². The number of aromatic nitrogens is 1. The van der Waals surface area contributed by atoms with E-state index in [1.807, 2.05) is 11.3 Å². The minimum Gasteiger partial charge on any atom is -0.307 e. The number of piperidine rings is 1. The molecule has 4 heteroatoms. The number of nitrogens with zero attached hydrogens (tertiary/aromatic N) is 2. The van der Waals surface area contributed by atoms with Crippen LogP contribution in [0.3, 0.4) is 0 Å². The Kier molecular flexibility index (Phi) is 3.81. The fraction of sp³-hybridized carbons (Fsp3) is 0.786. The van der Waals surface area contributed by atoms with Gasteiger partial charge in [0.15, 0.2) is 0 Å². The van der Waals surface area contributed by atoms with Crippen LogP contribution in [0.1, 0.15) is 44.3 Å². The Hall–Kier alpha value is -0.450. The highest BCUT2D eigenvalue weighted by atomic mass is 32.1. The molecular formula is C14H25N3S. The van der Waals surface area contributed by atoms with Crippen LogP contribution in [0.5, 0.6) is 0 Å². The van der Waals surface area contributed by atoms with Gasteiger partial charge in [-0.1, -0.05) is 20.8 Å². The van der Waals surface area contributed by atoms with Gasteiger partial charge in [0.1, 0.15) is 5.01 Å². The van der Waals surface area contributed by atoms with Gasteiger partial charge in [-0.2, -0.15) is 0 Å². The molecule has 0 bridgehead atoms. The van der Waals surface area contributed by atoms with E-state index in [9.17, 15) is 0 Å². The van der Waals surface area contributed by atoms with Crippen molar-refractivity contribution in [2.75, 3.05) is 27.2 Å². The van der Waals surface area contributed by atoms with Crippen molar-refractivity contribution >= 4 is 11.3 Å². The maximum Gasteiger partial charge on any atom is 0.114 e. The topological polar surface area (TPSA) is 28.2 Å². The molecule has 0 radical (unpaired) electrons. The molecule has 1 saturated heterocycles. The summed E-state index contributed by atoms with van der Waals surface area (Å²) in [6, 6.07) is 0. The van der Waals surface area contributed by atoms with Crippen molar-refractivity contribution < 1.29 is 0 Å². The molecule has 2 rings (SSSR count). The molecule has 1 fully saturated rings. The van der Waals surface area contributed by atoms with E-state index in [1.165, 1.54) is 30.1 Å². The van der Waals surface area contributed by atoms with Gasteiger partial charge in [0, 0.05) is 17.3 Å². The third-order valence-electron chi connectivity index (χ3n) is 3.84. The van der Waals surface area contributed by atoms with Gasteiger partial charge in [0.25, 0.3) is 0 Å². The Bertz CT molecular complexity index is 407. The largest absolute Gasteiger partial charge is 0.307 e. The molecule has 1 aliphatic rings. The lowest BCUT2D eigenvalue weighted by atomic mass is 9.89. The highest BCUT2D eigenvalue weighted by Crippen LogP contribution is 2.35. The summed E-state index contributed by atoms with van der Waals surface area (Å²) in [6.45, 7) is 8.93. The third-order valence-corrected chi connectivity index (χ3v) is 4.89. The molecule has 0 aliphatic carbocycles. The number of hydrogen-bond acceptors (Lipinski definition) is 4. The molecule has 0 amide bonds. The Morgan fingerprint density at radius 1 is 1.44 bits per heavy atom. The fourth-order valence-corrected chi connectivity index (χ4v) is 3.87. The van der Waals surface area contributed by atoms with E-state index in [4.69, 9.17) is 4.98 Å². The first-order valence-corrected chi connectivity index (χ1v) is 7.59. The normalized spacial score (nSPS) is 26.5. The lowest BCUT2D eigenvalue weighted by Crippen LogP contribution is -2.52. The van der Waals surface area contributed by atoms with E-state index in [2.05, 4.69) is 50.5 Å². The van der Waals surface area contributed by atoms with Crippen LogP contribution >= 0.6 is 11.3 Å². The molecule has 18 heavy (non-hydrogen) atoms. The molecule has 0 spiro atoms. The predicted molar refractivity (Wildman–Crippen MR) is 78.3 cm³/mol. The lowest BCUT2D eigenvalue weighted by Gasteiger charge is -2.40. The molecule has 0 saturated carbocycles. The molecule has 2 heterocycles. The van der Waals surface area contributed by atoms with Crippen molar-refractivity contribution in [2.45, 2.75) is 44.6 Å². The first kappa shape index (κ1) is 14.0. The Labute approximate surface area is 115 Å². The summed E-state index contributed by atoms with van der Waals surface area (Å²) in [6.07, 6.45) is 2.42. The Balaban J connectivity index is 2.30. The van der Waals surface area contributed by atoms with Crippen LogP contribution in [-0.2, 0) is 11.0 Å². The summed E-state index contributed by atoms with van der Waals surface area (Å²) in [7, 11) is 4.26. The number of hydrogen-bond donors (Lipinski definition) is 1. The van der Waals surface area contributed by atoms with E-state index in [0.29, 0.717) is 0 Å². The molecule has 1 atom stereocenters. The van der Waals surface area contributed by atoms with Crippen LogP contribution in [0.2, 0.25) is 0 Å². The van der Waals surface area contributed by atoms with Crippen LogP contribution in [0, 0.1) is 0 Å². The molecule has 1 N–H and O–H groups in total. The maximum absolute atomic E-state index is 4.91. The number of likely N-dealkylation sites (N-methyl/N-ethyl adjacent to an activating group) is 2. The van der Waals surface area contributed by atoms with Crippen molar-refractivity contribution in [2.24, 2.45) is 0 Å². The van der Waals surface area contributed by atoms with Crippen LogP contribution in [0.25, 0.3) is 0 Å². The van der Waals surface area contributed by atoms with E-state index in [1.54, 1.807) is 0 Å². The predicted octanol–water partition coefficient (Wildman–Crippen LogP) is 2.58. The monoisotopic (exact) mass is 267 g/mol. The molecular weight excluding hydrogens is 242 g/mol. The van der Waals surface area contributed by atoms with E-state index < -0.39 is 0 Å². The van der Waals surface area contributed by atoms with Gasteiger partial charge in [-0.3, -0.25) is 0 Å². The zero-order valence-corrected chi connectivity index (χ0v) is 13.0. The van der Waals surface area contributed by atoms with Gasteiger partial charge in [-0.15, -0.1) is 11.3 Å². The molecule has 1 aromatic heterocycles. The highest BCUT2D eigenvalue weighted by Gasteiger charge is 2.37. The molecule has 3 nitrogen and oxygen atoms in total. The zero-order valence-electron chi connectivity index (χ0n) is 12.2. The number of thiazole rings is 1. The molecule has 1 aliphatic heterocycles. The quantitative estimate of drug-likeness (QED) is 0.892. The second kappa shape index (κ2) is 4.91. The number of nitrogens with one attached hydrogen (secondary N) is 1. The summed E-state index contributed by atoms with van der Waals surface area (Å²) < 4.78 is 0. The van der Waals surface area contributed by atoms with Crippen LogP contribution < -0.4 is 5.32 Å². The Morgan fingerprint density at radius 3 is 2.67 bits per heavy atom. The summed E-state index contributed by atoms with van der Waals surface area (Å²) in [5.74, 6) is 0. The summed E-state index contributed by atoms with van der Waals surface area (Å²) in [5.41, 5.74) is 1.41. The average molecular weight is 267 g/mol. The molecule has 0 aromatic carbocycles. The van der Waals surface area contributed by atoms with Gasteiger partial charge in [-0.25, -0.2) is 4.98 Å². The van der Waals surface area contributed by atoms with E-state index in [0.717, 1.165) is 6.54 Å². The average Bonchev–Trinajstić information content (AvgIpc) is 2.78. The minimum atomic E-state index is 0.0567. The molecule has 1 unspecified atom stereocenters. The Morgan fingerprint density at radius 2 is 2.17 bits per heavy atom. The summed E-state index contributed by atoms with van der Waals surface area (Å²) >= 11 is 1.81. The first-order chi connectivity index (χ1) is 8.37. The second-order valence-electron chi connectivity index (χ2n) is 6.46. The van der Waals surface area contributed by atoms with Crippen molar-refractivity contribution in [3.05, 3.63) is 16.1 Å². The summed E-state index contributed by atoms with van der Waals surface area (Å²) in [4.78, 5) is 7.31. The SMILES string of the molecule is CNC1(c2nc(C(C)(C)C)cs2)CCCN(C)C1. The summed E-state index contributed by atoms with van der Waals surface area (Å²) in [5, 5.41) is 7.01. The van der Waals surface area contributed by atoms with Crippen LogP contribution in [-0.4, -0.2) is 37.1 Å². The van der Waals surface area contributed by atoms with Gasteiger partial charge in [0.05, 0.1) is 11.2 Å². The molecule has 102 valence electrons. The van der Waals surface area contributed by atoms with Crippen LogP contribution in [0.15, 0.2) is 5.38 Å². The van der Waals surface area contributed by atoms with Gasteiger partial charge < -0.3 is 10.2 Å². The zero-order chi connectivity index (χ0) is 13.4. The van der Waals surface area contributed by atoms with Crippen molar-refractivity contribution in [1.82, 2.24) is 15.2 Å². The maximum atomic E-state index is 4.91. The minimum absolute atomic E-state index is 0.0567. The lowest BCUT2D eigenvalue weighted by molar-refractivity contribution is 0.151. The highest BCUT2D eigenvalue weighted by molar-refractivity contribution is 7.09. The standard InChI is InChI=1S/C14H25N3S/c1-13(2,3)11-9-18-12(16-11)14(15-4)7-6-8-17(5)10-14/h9,15H,6-8,10H2,1-5H3. The second-order valence-corrected chi connectivity index (χ2v) is 7.32. The number of rotatable bonds is 2. The first-order valence-electron chi connectivity index (χ1n) is 6.71. The van der Waals surface area contributed by atoms with E-state index in [-0.39, 0.29) is 11.0 Å². The van der Waals surface area contributed by atoms with Gasteiger partial charge in [0.2, 0.25) is 0 Å². The smallest absolute Gasteiger partial charge is 0.114 e. The number of likely N-dealkylation sites (tertiary alicyclic amines) is 1. The van der Waals surface area contributed by atoms with E-state index >= 15 is 0 Å². The van der Waals surface area contributed by atoms with Crippen molar-refractivity contribution in [3.63, 3.8) is 0 Å².